The van der Waals surface area contributed by atoms with Crippen LogP contribution < -0.4 is 5.32 Å². The van der Waals surface area contributed by atoms with Gasteiger partial charge in [-0.1, -0.05) is 19.8 Å². The lowest BCUT2D eigenvalue weighted by molar-refractivity contribution is -0.384. The molecule has 0 spiro atoms. The maximum atomic E-state index is 10.6. The Kier molecular flexibility index (Phi) is 4.08. The van der Waals surface area contributed by atoms with Crippen LogP contribution in [-0.4, -0.2) is 21.2 Å². The summed E-state index contributed by atoms with van der Waals surface area (Å²) in [6.45, 7) is 2.84. The molecule has 0 saturated heterocycles. The average Bonchev–Trinajstić information content (AvgIpc) is 2.55. The third-order valence-corrected chi connectivity index (χ3v) is 2.08. The zero-order chi connectivity index (χ0) is 11.3. The van der Waals surface area contributed by atoms with Gasteiger partial charge >= 0.3 is 5.69 Å². The summed E-state index contributed by atoms with van der Waals surface area (Å²) in [7, 11) is 1.67. The Morgan fingerprint density at radius 3 is 2.93 bits per heavy atom. The number of nitrogens with zero attached hydrogens (tertiary/aromatic N) is 3. The van der Waals surface area contributed by atoms with Crippen LogP contribution in [0.2, 0.25) is 0 Å². The number of nitro groups is 1. The van der Waals surface area contributed by atoms with Gasteiger partial charge in [0, 0.05) is 13.6 Å². The van der Waals surface area contributed by atoms with Crippen molar-refractivity contribution in [1.82, 2.24) is 9.78 Å². The molecule has 0 aliphatic rings. The van der Waals surface area contributed by atoms with Gasteiger partial charge in [-0.05, 0) is 6.42 Å². The molecule has 1 heterocycles. The summed E-state index contributed by atoms with van der Waals surface area (Å²) in [5, 5.41) is 17.6. The first kappa shape index (κ1) is 11.5. The van der Waals surface area contributed by atoms with Crippen molar-refractivity contribution in [3.63, 3.8) is 0 Å². The Labute approximate surface area is 88.4 Å². The minimum atomic E-state index is -0.421. The molecule has 84 valence electrons. The van der Waals surface area contributed by atoms with E-state index in [0.717, 1.165) is 25.8 Å². The van der Waals surface area contributed by atoms with Gasteiger partial charge in [-0.3, -0.25) is 14.8 Å². The Morgan fingerprint density at radius 1 is 1.60 bits per heavy atom. The molecule has 0 aromatic carbocycles. The van der Waals surface area contributed by atoms with Crippen molar-refractivity contribution in [2.24, 2.45) is 7.05 Å². The van der Waals surface area contributed by atoms with Gasteiger partial charge in [0.1, 0.15) is 6.20 Å². The number of rotatable bonds is 6. The first-order valence-electron chi connectivity index (χ1n) is 5.07. The summed E-state index contributed by atoms with van der Waals surface area (Å²) in [5.41, 5.74) is 0.0361. The number of unbranched alkanes of at least 4 members (excludes halogenated alkanes) is 2. The highest BCUT2D eigenvalue weighted by Crippen LogP contribution is 2.21. The number of nitrogens with one attached hydrogen (secondary N) is 1. The number of hydrogen-bond acceptors (Lipinski definition) is 4. The largest absolute Gasteiger partial charge is 0.363 e. The number of hydrogen-bond donors (Lipinski definition) is 1. The molecular weight excluding hydrogens is 196 g/mol. The van der Waals surface area contributed by atoms with E-state index in [-0.39, 0.29) is 5.69 Å². The number of aryl methyl sites for hydroxylation is 1. The molecule has 0 atom stereocenters. The van der Waals surface area contributed by atoms with E-state index in [1.807, 2.05) is 0 Å². The van der Waals surface area contributed by atoms with Crippen molar-refractivity contribution in [2.45, 2.75) is 26.2 Å². The fourth-order valence-electron chi connectivity index (χ4n) is 1.32. The van der Waals surface area contributed by atoms with Crippen molar-refractivity contribution in [3.05, 3.63) is 16.3 Å². The lowest BCUT2D eigenvalue weighted by atomic mass is 10.2. The molecule has 0 fully saturated rings. The van der Waals surface area contributed by atoms with E-state index in [0.29, 0.717) is 5.82 Å². The highest BCUT2D eigenvalue weighted by atomic mass is 16.6. The fraction of sp³-hybridized carbons (Fsp3) is 0.667. The Hall–Kier alpha value is -1.59. The second kappa shape index (κ2) is 5.33. The van der Waals surface area contributed by atoms with Crippen LogP contribution in [0.1, 0.15) is 26.2 Å². The molecule has 0 aliphatic carbocycles. The van der Waals surface area contributed by atoms with E-state index in [4.69, 9.17) is 0 Å². The summed E-state index contributed by atoms with van der Waals surface area (Å²) < 4.78 is 1.44. The highest BCUT2D eigenvalue weighted by molar-refractivity contribution is 5.54. The first-order chi connectivity index (χ1) is 7.15. The van der Waals surface area contributed by atoms with Crippen molar-refractivity contribution < 1.29 is 4.92 Å². The highest BCUT2D eigenvalue weighted by Gasteiger charge is 2.17. The monoisotopic (exact) mass is 212 g/mol. The molecule has 0 bridgehead atoms. The second-order valence-corrected chi connectivity index (χ2v) is 3.43. The van der Waals surface area contributed by atoms with Crippen LogP contribution in [0.4, 0.5) is 11.5 Å². The SMILES string of the molecule is CCCCCNc1nn(C)cc1[N+](=O)[O-]. The van der Waals surface area contributed by atoms with E-state index in [1.54, 1.807) is 7.05 Å². The minimum Gasteiger partial charge on any atom is -0.363 e. The predicted octanol–water partition coefficient (Wildman–Crippen LogP) is 1.93. The molecule has 6 heteroatoms. The molecule has 1 aromatic rings. The summed E-state index contributed by atoms with van der Waals surface area (Å²) in [4.78, 5) is 10.2. The van der Waals surface area contributed by atoms with E-state index < -0.39 is 4.92 Å². The van der Waals surface area contributed by atoms with Crippen LogP contribution >= 0.6 is 0 Å². The number of aromatic nitrogens is 2. The molecular formula is C9H16N4O2. The minimum absolute atomic E-state index is 0.0361. The third-order valence-electron chi connectivity index (χ3n) is 2.08. The lowest BCUT2D eigenvalue weighted by Gasteiger charge is -2.00. The third kappa shape index (κ3) is 3.23. The van der Waals surface area contributed by atoms with E-state index >= 15 is 0 Å². The molecule has 6 nitrogen and oxygen atoms in total. The summed E-state index contributed by atoms with van der Waals surface area (Å²) >= 11 is 0. The fourth-order valence-corrected chi connectivity index (χ4v) is 1.32. The molecule has 1 rings (SSSR count). The predicted molar refractivity (Wildman–Crippen MR) is 57.9 cm³/mol. The first-order valence-corrected chi connectivity index (χ1v) is 5.07. The van der Waals surface area contributed by atoms with Crippen LogP contribution in [0.15, 0.2) is 6.20 Å². The van der Waals surface area contributed by atoms with E-state index in [9.17, 15) is 10.1 Å². The number of anilines is 1. The van der Waals surface area contributed by atoms with Crippen LogP contribution in [0.5, 0.6) is 0 Å². The van der Waals surface area contributed by atoms with Crippen LogP contribution in [-0.2, 0) is 7.05 Å². The normalized spacial score (nSPS) is 10.3. The topological polar surface area (TPSA) is 73.0 Å². The maximum Gasteiger partial charge on any atom is 0.330 e. The van der Waals surface area contributed by atoms with Crippen molar-refractivity contribution in [3.8, 4) is 0 Å². The summed E-state index contributed by atoms with van der Waals surface area (Å²) in [5.74, 6) is 0.360. The standard InChI is InChI=1S/C9H16N4O2/c1-3-4-5-6-10-9-8(13(14)15)7-12(2)11-9/h7H,3-6H2,1-2H3,(H,10,11). The van der Waals surface area contributed by atoms with Crippen molar-refractivity contribution in [2.75, 3.05) is 11.9 Å². The molecule has 1 N–H and O–H groups in total. The summed E-state index contributed by atoms with van der Waals surface area (Å²) in [6, 6.07) is 0. The van der Waals surface area contributed by atoms with E-state index in [2.05, 4.69) is 17.3 Å². The van der Waals surface area contributed by atoms with Gasteiger partial charge in [0.05, 0.1) is 4.92 Å². The van der Waals surface area contributed by atoms with Gasteiger partial charge in [-0.2, -0.15) is 0 Å². The zero-order valence-electron chi connectivity index (χ0n) is 9.06. The molecule has 0 radical (unpaired) electrons. The molecule has 1 aromatic heterocycles. The van der Waals surface area contributed by atoms with Gasteiger partial charge in [0.25, 0.3) is 0 Å². The average molecular weight is 212 g/mol. The van der Waals surface area contributed by atoms with Crippen LogP contribution in [0, 0.1) is 10.1 Å². The smallest absolute Gasteiger partial charge is 0.330 e. The van der Waals surface area contributed by atoms with Gasteiger partial charge in [-0.15, -0.1) is 5.10 Å². The van der Waals surface area contributed by atoms with Crippen molar-refractivity contribution in [1.29, 1.82) is 0 Å². The molecule has 0 aliphatic heterocycles. The van der Waals surface area contributed by atoms with E-state index in [1.165, 1.54) is 10.9 Å². The maximum absolute atomic E-state index is 10.6. The van der Waals surface area contributed by atoms with Crippen molar-refractivity contribution >= 4 is 11.5 Å². The quantitative estimate of drug-likeness (QED) is 0.444. The van der Waals surface area contributed by atoms with Gasteiger partial charge in [0.2, 0.25) is 5.82 Å². The Morgan fingerprint density at radius 2 is 2.33 bits per heavy atom. The molecule has 0 saturated carbocycles. The van der Waals surface area contributed by atoms with Crippen LogP contribution in [0.25, 0.3) is 0 Å². The Balaban J connectivity index is 2.55. The lowest BCUT2D eigenvalue weighted by Crippen LogP contribution is -2.04. The molecule has 0 amide bonds. The zero-order valence-corrected chi connectivity index (χ0v) is 9.06. The molecule has 0 unspecified atom stereocenters. The Bertz CT molecular complexity index is 335. The van der Waals surface area contributed by atoms with Gasteiger partial charge < -0.3 is 5.32 Å². The van der Waals surface area contributed by atoms with Gasteiger partial charge in [-0.25, -0.2) is 0 Å². The summed E-state index contributed by atoms with van der Waals surface area (Å²) in [6.07, 6.45) is 4.66. The second-order valence-electron chi connectivity index (χ2n) is 3.43. The van der Waals surface area contributed by atoms with Gasteiger partial charge in [0.15, 0.2) is 0 Å². The molecule has 15 heavy (non-hydrogen) atoms. The van der Waals surface area contributed by atoms with Crippen LogP contribution in [0.3, 0.4) is 0 Å².